The van der Waals surface area contributed by atoms with Gasteiger partial charge in [0, 0.05) is 49.1 Å². The van der Waals surface area contributed by atoms with E-state index in [-0.39, 0.29) is 12.1 Å². The van der Waals surface area contributed by atoms with Crippen LogP contribution in [0.3, 0.4) is 0 Å². The number of fused-ring (bicyclic) bond motifs is 1. The Hall–Kier alpha value is -3.60. The Morgan fingerprint density at radius 3 is 2.45 bits per heavy atom. The molecule has 202 valence electrons. The van der Waals surface area contributed by atoms with Crippen LogP contribution in [0.15, 0.2) is 41.7 Å². The van der Waals surface area contributed by atoms with Gasteiger partial charge in [0.15, 0.2) is 0 Å². The van der Waals surface area contributed by atoms with Gasteiger partial charge in [-0.25, -0.2) is 19.7 Å². The number of pyridine rings is 1. The van der Waals surface area contributed by atoms with Gasteiger partial charge >= 0.3 is 12.1 Å². The van der Waals surface area contributed by atoms with Crippen LogP contribution in [-0.2, 0) is 14.3 Å². The second-order valence-corrected chi connectivity index (χ2v) is 10.9. The van der Waals surface area contributed by atoms with E-state index in [4.69, 9.17) is 14.2 Å². The van der Waals surface area contributed by atoms with Crippen LogP contribution in [-0.4, -0.2) is 83.7 Å². The Kier molecular flexibility index (Phi) is 8.55. The minimum absolute atomic E-state index is 0.255. The summed E-state index contributed by atoms with van der Waals surface area (Å²) >= 11 is 1.50. The van der Waals surface area contributed by atoms with Crippen molar-refractivity contribution in [1.82, 2.24) is 19.9 Å². The second kappa shape index (κ2) is 11.8. The topological polar surface area (TPSA) is 107 Å². The van der Waals surface area contributed by atoms with Crippen molar-refractivity contribution < 1.29 is 23.8 Å². The van der Waals surface area contributed by atoms with Crippen LogP contribution in [0, 0.1) is 0 Å². The molecule has 1 saturated heterocycles. The Morgan fingerprint density at radius 1 is 1.00 bits per heavy atom. The van der Waals surface area contributed by atoms with Crippen LogP contribution >= 0.6 is 11.8 Å². The van der Waals surface area contributed by atoms with Crippen molar-refractivity contribution in [3.8, 4) is 17.0 Å². The number of nitrogens with zero attached hydrogens (tertiary/aromatic N) is 5. The molecule has 11 heteroatoms. The average molecular weight is 540 g/mol. The third-order valence-corrected chi connectivity index (χ3v) is 6.99. The summed E-state index contributed by atoms with van der Waals surface area (Å²) in [6.45, 7) is 7.99. The molecule has 2 aromatic heterocycles. The van der Waals surface area contributed by atoms with Crippen LogP contribution in [0.2, 0.25) is 0 Å². The molecule has 0 radical (unpaired) electrons. The van der Waals surface area contributed by atoms with Gasteiger partial charge in [0.05, 0.1) is 31.1 Å². The number of benzene rings is 1. The van der Waals surface area contributed by atoms with E-state index in [9.17, 15) is 9.59 Å². The first-order chi connectivity index (χ1) is 18.2. The molecule has 0 saturated carbocycles. The van der Waals surface area contributed by atoms with Gasteiger partial charge in [-0.1, -0.05) is 6.07 Å². The maximum absolute atomic E-state index is 12.5. The minimum atomic E-state index is -0.524. The molecule has 1 aliphatic heterocycles. The first-order valence-corrected chi connectivity index (χ1v) is 13.4. The zero-order valence-corrected chi connectivity index (χ0v) is 23.2. The predicted molar refractivity (Wildman–Crippen MR) is 147 cm³/mol. The van der Waals surface area contributed by atoms with Gasteiger partial charge < -0.3 is 24.0 Å². The molecule has 1 aliphatic rings. The Balaban J connectivity index is 1.56. The van der Waals surface area contributed by atoms with E-state index in [1.807, 2.05) is 39.0 Å². The number of carbonyl (C=O) groups is 2. The lowest BCUT2D eigenvalue weighted by Crippen LogP contribution is -2.50. The van der Waals surface area contributed by atoms with Gasteiger partial charge in [0.2, 0.25) is 5.88 Å². The smallest absolute Gasteiger partial charge is 0.410 e. The highest BCUT2D eigenvalue weighted by molar-refractivity contribution is 7.99. The van der Waals surface area contributed by atoms with Crippen molar-refractivity contribution in [3.05, 3.63) is 36.8 Å². The number of anilines is 1. The number of thioether (sulfide) groups is 1. The van der Waals surface area contributed by atoms with Gasteiger partial charge in [-0.2, -0.15) is 0 Å². The molecule has 1 amide bonds. The van der Waals surface area contributed by atoms with Crippen molar-refractivity contribution in [2.75, 3.05) is 51.1 Å². The number of hydrogen-bond donors (Lipinski definition) is 0. The normalized spacial score (nSPS) is 13.9. The number of esters is 1. The average Bonchev–Trinajstić information content (AvgIpc) is 2.91. The molecule has 0 bridgehead atoms. The Morgan fingerprint density at radius 2 is 1.76 bits per heavy atom. The van der Waals surface area contributed by atoms with E-state index >= 15 is 0 Å². The summed E-state index contributed by atoms with van der Waals surface area (Å²) in [5.74, 6) is 1.64. The van der Waals surface area contributed by atoms with E-state index in [1.165, 1.54) is 18.9 Å². The summed E-state index contributed by atoms with van der Waals surface area (Å²) in [7, 11) is 2.96. The summed E-state index contributed by atoms with van der Waals surface area (Å²) in [5.41, 5.74) is 2.19. The van der Waals surface area contributed by atoms with E-state index < -0.39 is 5.60 Å². The highest BCUT2D eigenvalue weighted by Gasteiger charge is 2.27. The second-order valence-electron chi connectivity index (χ2n) is 9.79. The molecule has 10 nitrogen and oxygen atoms in total. The molecule has 0 atom stereocenters. The molecule has 0 unspecified atom stereocenters. The maximum atomic E-state index is 12.5. The number of carbonyl (C=O) groups excluding carboxylic acids is 2. The molecule has 3 aromatic rings. The Labute approximate surface area is 226 Å². The fraction of sp³-hybridized carbons (Fsp3) is 0.444. The van der Waals surface area contributed by atoms with Gasteiger partial charge in [0.25, 0.3) is 0 Å². The van der Waals surface area contributed by atoms with Gasteiger partial charge in [-0.3, -0.25) is 4.79 Å². The van der Waals surface area contributed by atoms with Crippen molar-refractivity contribution >= 4 is 40.5 Å². The highest BCUT2D eigenvalue weighted by atomic mass is 32.2. The van der Waals surface area contributed by atoms with Crippen LogP contribution < -0.4 is 9.64 Å². The molecule has 38 heavy (non-hydrogen) atoms. The maximum Gasteiger partial charge on any atom is 0.410 e. The van der Waals surface area contributed by atoms with Gasteiger partial charge in [-0.15, -0.1) is 11.8 Å². The lowest BCUT2D eigenvalue weighted by atomic mass is 10.0. The third-order valence-electron chi connectivity index (χ3n) is 5.98. The minimum Gasteiger partial charge on any atom is -0.480 e. The molecule has 1 aromatic carbocycles. The van der Waals surface area contributed by atoms with E-state index in [0.717, 1.165) is 32.7 Å². The molecule has 0 aliphatic carbocycles. The summed E-state index contributed by atoms with van der Waals surface area (Å²) in [6, 6.07) is 8.06. The van der Waals surface area contributed by atoms with Crippen LogP contribution in [0.1, 0.15) is 27.2 Å². The van der Waals surface area contributed by atoms with E-state index in [2.05, 4.69) is 25.9 Å². The predicted octanol–water partition coefficient (Wildman–Crippen LogP) is 4.41. The number of piperazine rings is 1. The van der Waals surface area contributed by atoms with Crippen LogP contribution in [0.5, 0.6) is 5.88 Å². The zero-order valence-electron chi connectivity index (χ0n) is 22.4. The molecular formula is C27H33N5O5S. The molecule has 4 rings (SSSR count). The van der Waals surface area contributed by atoms with Gasteiger partial charge in [0.1, 0.15) is 17.7 Å². The van der Waals surface area contributed by atoms with Crippen LogP contribution in [0.25, 0.3) is 22.0 Å². The standard InChI is InChI=1S/C27H33N5O5S/c1-27(2,3)37-26(34)32-11-9-31(10-12-32)24-20-14-18(6-7-21(20)29-17-30-24)19-15-22(25(36-5)28-16-19)38-13-8-23(33)35-4/h6-7,14-17H,8-13H2,1-5H3. The monoisotopic (exact) mass is 539 g/mol. The van der Waals surface area contributed by atoms with Crippen molar-refractivity contribution in [2.45, 2.75) is 37.7 Å². The number of methoxy groups -OCH3 is 2. The zero-order chi connectivity index (χ0) is 27.3. The molecular weight excluding hydrogens is 506 g/mol. The van der Waals surface area contributed by atoms with Crippen LogP contribution in [0.4, 0.5) is 10.6 Å². The highest BCUT2D eigenvalue weighted by Crippen LogP contribution is 2.34. The van der Waals surface area contributed by atoms with E-state index in [0.29, 0.717) is 44.2 Å². The fourth-order valence-electron chi connectivity index (χ4n) is 4.09. The first kappa shape index (κ1) is 27.4. The lowest BCUT2D eigenvalue weighted by molar-refractivity contribution is -0.140. The summed E-state index contributed by atoms with van der Waals surface area (Å²) in [6.07, 6.45) is 3.35. The number of amides is 1. The number of ether oxygens (including phenoxy) is 3. The van der Waals surface area contributed by atoms with Crippen molar-refractivity contribution in [1.29, 1.82) is 0 Å². The Bertz CT molecular complexity index is 1300. The molecule has 0 N–H and O–H groups in total. The molecule has 3 heterocycles. The summed E-state index contributed by atoms with van der Waals surface area (Å²) < 4.78 is 15.7. The number of rotatable bonds is 7. The van der Waals surface area contributed by atoms with E-state index in [1.54, 1.807) is 24.5 Å². The SMILES string of the molecule is COC(=O)CCSc1cc(-c2ccc3ncnc(N4CCN(C(=O)OC(C)(C)C)CC4)c3c2)cnc1OC. The lowest BCUT2D eigenvalue weighted by Gasteiger charge is -2.36. The largest absolute Gasteiger partial charge is 0.480 e. The number of hydrogen-bond acceptors (Lipinski definition) is 10. The fourth-order valence-corrected chi connectivity index (χ4v) is 5.05. The summed E-state index contributed by atoms with van der Waals surface area (Å²) in [5, 5.41) is 0.923. The van der Waals surface area contributed by atoms with Crippen molar-refractivity contribution in [2.24, 2.45) is 0 Å². The van der Waals surface area contributed by atoms with Crippen molar-refractivity contribution in [3.63, 3.8) is 0 Å². The van der Waals surface area contributed by atoms with Gasteiger partial charge in [-0.05, 0) is 44.5 Å². The molecule has 0 spiro atoms. The molecule has 1 fully saturated rings. The summed E-state index contributed by atoms with van der Waals surface area (Å²) in [4.78, 5) is 42.3. The quantitative estimate of drug-likeness (QED) is 0.316. The first-order valence-electron chi connectivity index (χ1n) is 12.4. The third kappa shape index (κ3) is 6.63. The number of aromatic nitrogens is 3.